The van der Waals surface area contributed by atoms with Gasteiger partial charge in [-0.1, -0.05) is 5.16 Å². The Morgan fingerprint density at radius 3 is 2.54 bits per heavy atom. The van der Waals surface area contributed by atoms with E-state index in [0.29, 0.717) is 25.3 Å². The SMILES string of the molecule is NS(=O)(=O)N1CCC2(CC1)C[C@H]2c1nc(-c2ccc(F)cc2C(F)(F)F)no1. The number of benzene rings is 1. The number of alkyl halides is 3. The van der Waals surface area contributed by atoms with Crippen LogP contribution in [0, 0.1) is 11.2 Å². The Bertz CT molecular complexity index is 1010. The molecule has 1 aliphatic carbocycles. The zero-order valence-corrected chi connectivity index (χ0v) is 15.2. The molecule has 2 heterocycles. The van der Waals surface area contributed by atoms with Gasteiger partial charge in [0.25, 0.3) is 10.2 Å². The molecular formula is C16H16F4N4O3S. The number of halogens is 4. The highest BCUT2D eigenvalue weighted by molar-refractivity contribution is 7.86. The molecule has 1 atom stereocenters. The highest BCUT2D eigenvalue weighted by Crippen LogP contribution is 2.64. The lowest BCUT2D eigenvalue weighted by Crippen LogP contribution is -2.43. The van der Waals surface area contributed by atoms with Crippen LogP contribution in [0.4, 0.5) is 17.6 Å². The molecule has 0 unspecified atom stereocenters. The predicted octanol–water partition coefficient (Wildman–Crippen LogP) is 2.67. The molecule has 0 radical (unpaired) electrons. The molecule has 28 heavy (non-hydrogen) atoms. The first kappa shape index (κ1) is 19.3. The van der Waals surface area contributed by atoms with Crippen molar-refractivity contribution >= 4 is 10.2 Å². The Morgan fingerprint density at radius 2 is 1.93 bits per heavy atom. The van der Waals surface area contributed by atoms with Crippen molar-refractivity contribution in [1.82, 2.24) is 14.4 Å². The van der Waals surface area contributed by atoms with Crippen LogP contribution in [0.2, 0.25) is 0 Å². The fraction of sp³-hybridized carbons (Fsp3) is 0.500. The number of piperidine rings is 1. The van der Waals surface area contributed by atoms with Gasteiger partial charge in [0.05, 0.1) is 5.56 Å². The fourth-order valence-electron chi connectivity index (χ4n) is 3.87. The van der Waals surface area contributed by atoms with E-state index in [2.05, 4.69) is 10.1 Å². The first-order chi connectivity index (χ1) is 13.0. The maximum Gasteiger partial charge on any atom is 0.417 e. The molecular weight excluding hydrogens is 404 g/mol. The predicted molar refractivity (Wildman–Crippen MR) is 88.4 cm³/mol. The van der Waals surface area contributed by atoms with Gasteiger partial charge < -0.3 is 4.52 Å². The number of nitrogens with two attached hydrogens (primary N) is 1. The van der Waals surface area contributed by atoms with E-state index >= 15 is 0 Å². The maximum atomic E-state index is 13.3. The molecule has 1 saturated carbocycles. The summed E-state index contributed by atoms with van der Waals surface area (Å²) in [6.07, 6.45) is -2.98. The van der Waals surface area contributed by atoms with Crippen LogP contribution < -0.4 is 5.14 Å². The van der Waals surface area contributed by atoms with Gasteiger partial charge in [-0.25, -0.2) is 9.53 Å². The largest absolute Gasteiger partial charge is 0.417 e. The van der Waals surface area contributed by atoms with E-state index in [4.69, 9.17) is 9.66 Å². The summed E-state index contributed by atoms with van der Waals surface area (Å²) in [6, 6.07) is 2.27. The Labute approximate surface area is 157 Å². The van der Waals surface area contributed by atoms with Crippen LogP contribution >= 0.6 is 0 Å². The smallest absolute Gasteiger partial charge is 0.339 e. The first-order valence-corrected chi connectivity index (χ1v) is 9.99. The summed E-state index contributed by atoms with van der Waals surface area (Å²) >= 11 is 0. The van der Waals surface area contributed by atoms with Crippen molar-refractivity contribution in [2.75, 3.05) is 13.1 Å². The van der Waals surface area contributed by atoms with Crippen LogP contribution in [0.1, 0.15) is 36.6 Å². The van der Waals surface area contributed by atoms with E-state index in [1.807, 2.05) is 0 Å². The topological polar surface area (TPSA) is 102 Å². The van der Waals surface area contributed by atoms with Crippen molar-refractivity contribution in [1.29, 1.82) is 0 Å². The van der Waals surface area contributed by atoms with E-state index in [9.17, 15) is 26.0 Å². The van der Waals surface area contributed by atoms with Crippen molar-refractivity contribution in [2.24, 2.45) is 10.6 Å². The Morgan fingerprint density at radius 1 is 1.25 bits per heavy atom. The highest BCUT2D eigenvalue weighted by Gasteiger charge is 2.58. The molecule has 4 rings (SSSR count). The molecule has 2 N–H and O–H groups in total. The zero-order chi connectivity index (χ0) is 20.3. The molecule has 12 heteroatoms. The fourth-order valence-corrected chi connectivity index (χ4v) is 4.56. The second kappa shape index (κ2) is 6.22. The molecule has 7 nitrogen and oxygen atoms in total. The molecule has 1 aromatic heterocycles. The zero-order valence-electron chi connectivity index (χ0n) is 14.4. The second-order valence-electron chi connectivity index (χ2n) is 7.21. The van der Waals surface area contributed by atoms with Gasteiger partial charge in [0.2, 0.25) is 11.7 Å². The van der Waals surface area contributed by atoms with Gasteiger partial charge in [-0.15, -0.1) is 0 Å². The van der Waals surface area contributed by atoms with Crippen LogP contribution in [-0.2, 0) is 16.4 Å². The number of nitrogens with zero attached hydrogens (tertiary/aromatic N) is 3. The number of rotatable bonds is 3. The van der Waals surface area contributed by atoms with Gasteiger partial charge in [0.1, 0.15) is 5.82 Å². The van der Waals surface area contributed by atoms with E-state index in [1.54, 1.807) is 0 Å². The standard InChI is InChI=1S/C16H16F4N4O3S/c17-9-1-2-10(11(7-9)16(18,19)20)13-22-14(27-23-13)12-8-15(12)3-5-24(6-4-15)28(21,25)26/h1-2,7,12H,3-6,8H2,(H2,21,25,26)/t12-/m0/s1. The van der Waals surface area contributed by atoms with Crippen LogP contribution in [0.5, 0.6) is 0 Å². The molecule has 1 spiro atoms. The van der Waals surface area contributed by atoms with Crippen molar-refractivity contribution in [3.05, 3.63) is 35.5 Å². The van der Waals surface area contributed by atoms with Gasteiger partial charge in [0, 0.05) is 24.6 Å². The maximum absolute atomic E-state index is 13.3. The lowest BCUT2D eigenvalue weighted by molar-refractivity contribution is -0.137. The van der Waals surface area contributed by atoms with Crippen LogP contribution in [0.15, 0.2) is 22.7 Å². The van der Waals surface area contributed by atoms with Crippen molar-refractivity contribution in [2.45, 2.75) is 31.4 Å². The lowest BCUT2D eigenvalue weighted by Gasteiger charge is -2.30. The molecule has 2 aliphatic rings. The van der Waals surface area contributed by atoms with E-state index in [1.165, 1.54) is 4.31 Å². The summed E-state index contributed by atoms with van der Waals surface area (Å²) < 4.78 is 82.1. The van der Waals surface area contributed by atoms with Crippen LogP contribution in [-0.4, -0.2) is 36.0 Å². The third-order valence-corrected chi connectivity index (χ3v) is 6.62. The molecule has 0 bridgehead atoms. The quantitative estimate of drug-likeness (QED) is 0.770. The highest BCUT2D eigenvalue weighted by atomic mass is 32.2. The summed E-state index contributed by atoms with van der Waals surface area (Å²) in [5, 5.41) is 8.78. The van der Waals surface area contributed by atoms with Gasteiger partial charge in [-0.3, -0.25) is 0 Å². The van der Waals surface area contributed by atoms with Gasteiger partial charge in [-0.05, 0) is 42.9 Å². The molecule has 1 aliphatic heterocycles. The normalized spacial score (nSPS) is 22.5. The van der Waals surface area contributed by atoms with Gasteiger partial charge in [-0.2, -0.15) is 30.9 Å². The lowest BCUT2D eigenvalue weighted by atomic mass is 9.92. The van der Waals surface area contributed by atoms with Crippen molar-refractivity contribution in [3.8, 4) is 11.4 Å². The van der Waals surface area contributed by atoms with E-state index in [-0.39, 0.29) is 41.7 Å². The van der Waals surface area contributed by atoms with Gasteiger partial charge >= 0.3 is 6.18 Å². The minimum absolute atomic E-state index is 0.147. The number of aromatic nitrogens is 2. The Kier molecular flexibility index (Phi) is 4.28. The summed E-state index contributed by atoms with van der Waals surface area (Å²) in [4.78, 5) is 4.11. The number of hydrogen-bond donors (Lipinski definition) is 1. The van der Waals surface area contributed by atoms with Crippen LogP contribution in [0.3, 0.4) is 0 Å². The van der Waals surface area contributed by atoms with E-state index < -0.39 is 27.8 Å². The second-order valence-corrected chi connectivity index (χ2v) is 8.75. The summed E-state index contributed by atoms with van der Waals surface area (Å²) in [5.41, 5.74) is -1.74. The Balaban J connectivity index is 1.55. The molecule has 2 fully saturated rings. The Hall–Kier alpha value is -2.05. The minimum atomic E-state index is -4.76. The van der Waals surface area contributed by atoms with Crippen molar-refractivity contribution in [3.63, 3.8) is 0 Å². The third-order valence-electron chi connectivity index (χ3n) is 5.54. The minimum Gasteiger partial charge on any atom is -0.339 e. The monoisotopic (exact) mass is 420 g/mol. The van der Waals surface area contributed by atoms with E-state index in [0.717, 1.165) is 12.1 Å². The molecule has 1 aromatic carbocycles. The van der Waals surface area contributed by atoms with Crippen LogP contribution in [0.25, 0.3) is 11.4 Å². The first-order valence-electron chi connectivity index (χ1n) is 8.48. The summed E-state index contributed by atoms with van der Waals surface area (Å²) in [5.74, 6) is -1.21. The number of hydrogen-bond acceptors (Lipinski definition) is 5. The summed E-state index contributed by atoms with van der Waals surface area (Å²) in [7, 11) is -3.74. The molecule has 2 aromatic rings. The average Bonchev–Trinajstić information content (AvgIpc) is 3.07. The molecule has 0 amide bonds. The molecule has 1 saturated heterocycles. The molecule has 152 valence electrons. The third kappa shape index (κ3) is 3.40. The average molecular weight is 420 g/mol. The van der Waals surface area contributed by atoms with Gasteiger partial charge in [0.15, 0.2) is 0 Å². The van der Waals surface area contributed by atoms with Crippen molar-refractivity contribution < 1.29 is 30.5 Å². The summed E-state index contributed by atoms with van der Waals surface area (Å²) in [6.45, 7) is 0.541.